The van der Waals surface area contributed by atoms with Gasteiger partial charge in [-0.05, 0) is 42.5 Å². The highest BCUT2D eigenvalue weighted by molar-refractivity contribution is 5.80. The Balaban J connectivity index is 1.32. The summed E-state index contributed by atoms with van der Waals surface area (Å²) in [5, 5.41) is 1.23. The molecule has 0 bridgehead atoms. The SMILES string of the molecule is O=C(COc1cccc(F)c1)N1CCC(c2cc3ccccc3[nH]2)CC1. The molecule has 1 saturated heterocycles. The molecule has 3 aromatic rings. The number of rotatable bonds is 4. The minimum atomic E-state index is -0.367. The maximum Gasteiger partial charge on any atom is 0.260 e. The lowest BCUT2D eigenvalue weighted by molar-refractivity contribution is -0.134. The van der Waals surface area contributed by atoms with Gasteiger partial charge in [-0.1, -0.05) is 24.3 Å². The molecule has 1 aliphatic heterocycles. The Bertz CT molecular complexity index is 880. The zero-order chi connectivity index (χ0) is 17.9. The van der Waals surface area contributed by atoms with Crippen LogP contribution >= 0.6 is 0 Å². The highest BCUT2D eigenvalue weighted by Crippen LogP contribution is 2.30. The number of likely N-dealkylation sites (tertiary alicyclic amines) is 1. The number of piperidine rings is 1. The van der Waals surface area contributed by atoms with Crippen molar-refractivity contribution < 1.29 is 13.9 Å². The van der Waals surface area contributed by atoms with Crippen molar-refractivity contribution in [2.75, 3.05) is 19.7 Å². The number of carbonyl (C=O) groups is 1. The van der Waals surface area contributed by atoms with Gasteiger partial charge in [0.05, 0.1) is 0 Å². The van der Waals surface area contributed by atoms with Crippen molar-refractivity contribution in [1.29, 1.82) is 0 Å². The second kappa shape index (κ2) is 7.20. The van der Waals surface area contributed by atoms with Crippen LogP contribution in [0, 0.1) is 5.82 Å². The fraction of sp³-hybridized carbons (Fsp3) is 0.286. The number of ether oxygens (including phenoxy) is 1. The third-order valence-corrected chi connectivity index (χ3v) is 5.00. The lowest BCUT2D eigenvalue weighted by Crippen LogP contribution is -2.40. The number of hydrogen-bond donors (Lipinski definition) is 1. The van der Waals surface area contributed by atoms with E-state index in [4.69, 9.17) is 4.74 Å². The molecule has 0 saturated carbocycles. The van der Waals surface area contributed by atoms with E-state index >= 15 is 0 Å². The van der Waals surface area contributed by atoms with E-state index < -0.39 is 0 Å². The minimum Gasteiger partial charge on any atom is -0.484 e. The average molecular weight is 352 g/mol. The molecule has 0 aliphatic carbocycles. The van der Waals surface area contributed by atoms with Crippen LogP contribution in [0.4, 0.5) is 4.39 Å². The third-order valence-electron chi connectivity index (χ3n) is 5.00. The van der Waals surface area contributed by atoms with Gasteiger partial charge in [-0.3, -0.25) is 4.79 Å². The van der Waals surface area contributed by atoms with Crippen molar-refractivity contribution in [3.8, 4) is 5.75 Å². The number of para-hydroxylation sites is 1. The first-order valence-electron chi connectivity index (χ1n) is 8.93. The molecule has 5 heteroatoms. The van der Waals surface area contributed by atoms with Crippen molar-refractivity contribution in [1.82, 2.24) is 9.88 Å². The number of benzene rings is 2. The number of hydrogen-bond acceptors (Lipinski definition) is 2. The molecule has 1 N–H and O–H groups in total. The van der Waals surface area contributed by atoms with E-state index in [2.05, 4.69) is 23.2 Å². The van der Waals surface area contributed by atoms with E-state index in [-0.39, 0.29) is 18.3 Å². The predicted molar refractivity (Wildman–Crippen MR) is 98.7 cm³/mol. The average Bonchev–Trinajstić information content (AvgIpc) is 3.10. The van der Waals surface area contributed by atoms with E-state index in [1.807, 2.05) is 17.0 Å². The lowest BCUT2D eigenvalue weighted by atomic mass is 9.93. The van der Waals surface area contributed by atoms with Gasteiger partial charge in [-0.25, -0.2) is 4.39 Å². The summed E-state index contributed by atoms with van der Waals surface area (Å²) in [4.78, 5) is 17.7. The number of amides is 1. The number of nitrogens with one attached hydrogen (secondary N) is 1. The Labute approximate surface area is 151 Å². The van der Waals surface area contributed by atoms with E-state index in [9.17, 15) is 9.18 Å². The van der Waals surface area contributed by atoms with Crippen LogP contribution in [0.5, 0.6) is 5.75 Å². The Kier molecular flexibility index (Phi) is 4.61. The molecule has 2 aromatic carbocycles. The molecule has 1 aromatic heterocycles. The van der Waals surface area contributed by atoms with Crippen LogP contribution in [0.1, 0.15) is 24.5 Å². The number of fused-ring (bicyclic) bond motifs is 1. The number of aromatic amines is 1. The van der Waals surface area contributed by atoms with Gasteiger partial charge in [-0.15, -0.1) is 0 Å². The minimum absolute atomic E-state index is 0.0515. The first-order chi connectivity index (χ1) is 12.7. The maximum atomic E-state index is 13.1. The summed E-state index contributed by atoms with van der Waals surface area (Å²) in [6.07, 6.45) is 1.86. The fourth-order valence-corrected chi connectivity index (χ4v) is 3.55. The fourth-order valence-electron chi connectivity index (χ4n) is 3.55. The van der Waals surface area contributed by atoms with Gasteiger partial charge in [0.1, 0.15) is 11.6 Å². The summed E-state index contributed by atoms with van der Waals surface area (Å²) in [7, 11) is 0. The zero-order valence-electron chi connectivity index (χ0n) is 14.5. The van der Waals surface area contributed by atoms with Crippen LogP contribution in [-0.4, -0.2) is 35.5 Å². The Morgan fingerprint density at radius 1 is 1.12 bits per heavy atom. The number of carbonyl (C=O) groups excluding carboxylic acids is 1. The van der Waals surface area contributed by atoms with Crippen LogP contribution in [0.15, 0.2) is 54.6 Å². The van der Waals surface area contributed by atoms with Gasteiger partial charge in [0.15, 0.2) is 6.61 Å². The largest absolute Gasteiger partial charge is 0.484 e. The highest BCUT2D eigenvalue weighted by Gasteiger charge is 2.25. The normalized spacial score (nSPS) is 15.3. The zero-order valence-corrected chi connectivity index (χ0v) is 14.5. The van der Waals surface area contributed by atoms with Crippen LogP contribution < -0.4 is 4.74 Å². The predicted octanol–water partition coefficient (Wildman–Crippen LogP) is 4.09. The van der Waals surface area contributed by atoms with E-state index in [0.717, 1.165) is 18.4 Å². The Morgan fingerprint density at radius 3 is 2.69 bits per heavy atom. The summed E-state index contributed by atoms with van der Waals surface area (Å²) in [6.45, 7) is 1.37. The third kappa shape index (κ3) is 3.57. The van der Waals surface area contributed by atoms with Gasteiger partial charge in [0, 0.05) is 36.3 Å². The second-order valence-electron chi connectivity index (χ2n) is 6.71. The molecule has 0 unspecified atom stereocenters. The van der Waals surface area contributed by atoms with Crippen molar-refractivity contribution in [2.24, 2.45) is 0 Å². The number of nitrogens with zero attached hydrogens (tertiary/aromatic N) is 1. The molecule has 2 heterocycles. The monoisotopic (exact) mass is 352 g/mol. The molecular formula is C21H21FN2O2. The van der Waals surface area contributed by atoms with Crippen LogP contribution in [0.25, 0.3) is 10.9 Å². The summed E-state index contributed by atoms with van der Waals surface area (Å²) in [5.41, 5.74) is 2.40. The van der Waals surface area contributed by atoms with Gasteiger partial charge in [0.2, 0.25) is 0 Å². The molecular weight excluding hydrogens is 331 g/mol. The van der Waals surface area contributed by atoms with E-state index in [1.165, 1.54) is 23.2 Å². The number of H-pyrrole nitrogens is 1. The topological polar surface area (TPSA) is 45.3 Å². The first kappa shape index (κ1) is 16.6. The van der Waals surface area contributed by atoms with E-state index in [0.29, 0.717) is 24.8 Å². The van der Waals surface area contributed by atoms with Gasteiger partial charge >= 0.3 is 0 Å². The van der Waals surface area contributed by atoms with Crippen LogP contribution in [0.3, 0.4) is 0 Å². The summed E-state index contributed by atoms with van der Waals surface area (Å²) in [6, 6.07) is 16.3. The molecule has 4 nitrogen and oxygen atoms in total. The molecule has 1 aliphatic rings. The second-order valence-corrected chi connectivity index (χ2v) is 6.71. The maximum absolute atomic E-state index is 13.1. The van der Waals surface area contributed by atoms with Crippen molar-refractivity contribution in [2.45, 2.75) is 18.8 Å². The number of halogens is 1. The molecule has 0 atom stereocenters. The molecule has 134 valence electrons. The smallest absolute Gasteiger partial charge is 0.260 e. The van der Waals surface area contributed by atoms with Crippen LogP contribution in [-0.2, 0) is 4.79 Å². The lowest BCUT2D eigenvalue weighted by Gasteiger charge is -2.31. The van der Waals surface area contributed by atoms with Crippen LogP contribution in [0.2, 0.25) is 0 Å². The quantitative estimate of drug-likeness (QED) is 0.769. The Hall–Kier alpha value is -2.82. The molecule has 0 spiro atoms. The molecule has 1 fully saturated rings. The summed E-state index contributed by atoms with van der Waals surface area (Å²) < 4.78 is 18.6. The van der Waals surface area contributed by atoms with E-state index in [1.54, 1.807) is 12.1 Å². The standard InChI is InChI=1S/C21H21FN2O2/c22-17-5-3-6-18(13-17)26-14-21(25)24-10-8-15(9-11-24)20-12-16-4-1-2-7-19(16)23-20/h1-7,12-13,15,23H,8-11,14H2. The molecule has 1 amide bonds. The summed E-state index contributed by atoms with van der Waals surface area (Å²) >= 11 is 0. The molecule has 26 heavy (non-hydrogen) atoms. The van der Waals surface area contributed by atoms with Crippen molar-refractivity contribution in [3.63, 3.8) is 0 Å². The molecule has 0 radical (unpaired) electrons. The van der Waals surface area contributed by atoms with Crippen molar-refractivity contribution >= 4 is 16.8 Å². The van der Waals surface area contributed by atoms with Gasteiger partial charge in [-0.2, -0.15) is 0 Å². The number of aromatic nitrogens is 1. The highest BCUT2D eigenvalue weighted by atomic mass is 19.1. The van der Waals surface area contributed by atoms with Gasteiger partial charge in [0.25, 0.3) is 5.91 Å². The molecule has 4 rings (SSSR count). The van der Waals surface area contributed by atoms with Gasteiger partial charge < -0.3 is 14.6 Å². The Morgan fingerprint density at radius 2 is 1.92 bits per heavy atom. The first-order valence-corrected chi connectivity index (χ1v) is 8.93. The summed E-state index contributed by atoms with van der Waals surface area (Å²) in [5.74, 6) is 0.403. The van der Waals surface area contributed by atoms with Crippen molar-refractivity contribution in [3.05, 3.63) is 66.1 Å².